The molecular weight excluding hydrogens is 254 g/mol. The van der Waals surface area contributed by atoms with Gasteiger partial charge in [0.1, 0.15) is 5.75 Å². The number of anilines is 1. The molecule has 2 nitrogen and oxygen atoms in total. The van der Waals surface area contributed by atoms with Crippen molar-refractivity contribution in [3.63, 3.8) is 0 Å². The largest absolute Gasteiger partial charge is 0.508 e. The van der Waals surface area contributed by atoms with Crippen molar-refractivity contribution in [2.45, 2.75) is 19.9 Å². The first kappa shape index (κ1) is 12.3. The monoisotopic (exact) mass is 267 g/mol. The molecule has 17 heavy (non-hydrogen) atoms. The molecule has 2 aromatic rings. The Morgan fingerprint density at radius 1 is 1.29 bits per heavy atom. The van der Waals surface area contributed by atoms with E-state index in [9.17, 15) is 5.11 Å². The SMILES string of the molecule is Cc1ccc(NC(C)c2ccc(Cl)s2)cc1O. The van der Waals surface area contributed by atoms with E-state index in [-0.39, 0.29) is 6.04 Å². The van der Waals surface area contributed by atoms with Crippen LogP contribution in [0.3, 0.4) is 0 Å². The smallest absolute Gasteiger partial charge is 0.120 e. The number of phenolic OH excluding ortho intramolecular Hbond substituents is 1. The zero-order chi connectivity index (χ0) is 12.4. The highest BCUT2D eigenvalue weighted by Crippen LogP contribution is 2.30. The van der Waals surface area contributed by atoms with Crippen LogP contribution in [-0.2, 0) is 0 Å². The summed E-state index contributed by atoms with van der Waals surface area (Å²) in [4.78, 5) is 1.18. The van der Waals surface area contributed by atoms with Crippen LogP contribution in [0.2, 0.25) is 4.34 Å². The zero-order valence-corrected chi connectivity index (χ0v) is 11.3. The Balaban J connectivity index is 2.12. The van der Waals surface area contributed by atoms with E-state index >= 15 is 0 Å². The van der Waals surface area contributed by atoms with Crippen molar-refractivity contribution in [1.82, 2.24) is 0 Å². The van der Waals surface area contributed by atoms with Gasteiger partial charge in [-0.2, -0.15) is 0 Å². The average Bonchev–Trinajstić information content (AvgIpc) is 2.70. The summed E-state index contributed by atoms with van der Waals surface area (Å²) < 4.78 is 0.792. The molecule has 2 rings (SSSR count). The number of nitrogens with one attached hydrogen (secondary N) is 1. The molecule has 1 unspecified atom stereocenters. The van der Waals surface area contributed by atoms with E-state index in [1.807, 2.05) is 31.2 Å². The molecule has 1 heterocycles. The van der Waals surface area contributed by atoms with Gasteiger partial charge in [-0.3, -0.25) is 0 Å². The van der Waals surface area contributed by atoms with Gasteiger partial charge in [-0.05, 0) is 37.6 Å². The number of rotatable bonds is 3. The second-order valence-electron chi connectivity index (χ2n) is 4.01. The summed E-state index contributed by atoms with van der Waals surface area (Å²) in [6.45, 7) is 3.95. The van der Waals surface area contributed by atoms with E-state index in [4.69, 9.17) is 11.6 Å². The van der Waals surface area contributed by atoms with Crippen molar-refractivity contribution in [3.05, 3.63) is 45.1 Å². The minimum Gasteiger partial charge on any atom is -0.508 e. The van der Waals surface area contributed by atoms with Crippen molar-refractivity contribution in [1.29, 1.82) is 0 Å². The quantitative estimate of drug-likeness (QED) is 0.853. The molecule has 0 aliphatic rings. The summed E-state index contributed by atoms with van der Waals surface area (Å²) in [6.07, 6.45) is 0. The fourth-order valence-electron chi connectivity index (χ4n) is 1.58. The Labute approximate surface area is 110 Å². The van der Waals surface area contributed by atoms with Crippen LogP contribution in [0, 0.1) is 6.92 Å². The van der Waals surface area contributed by atoms with E-state index in [0.717, 1.165) is 15.6 Å². The number of benzene rings is 1. The molecule has 1 aromatic heterocycles. The first-order valence-electron chi connectivity index (χ1n) is 5.37. The lowest BCUT2D eigenvalue weighted by Crippen LogP contribution is -2.04. The molecule has 0 radical (unpaired) electrons. The predicted molar refractivity (Wildman–Crippen MR) is 74.2 cm³/mol. The van der Waals surface area contributed by atoms with Crippen LogP contribution in [0.5, 0.6) is 5.75 Å². The molecule has 0 saturated heterocycles. The van der Waals surface area contributed by atoms with Gasteiger partial charge >= 0.3 is 0 Å². The number of aromatic hydroxyl groups is 1. The van der Waals surface area contributed by atoms with Gasteiger partial charge in [0.2, 0.25) is 0 Å². The Bertz CT molecular complexity index is 524. The number of thiophene rings is 1. The third kappa shape index (κ3) is 2.93. The highest BCUT2D eigenvalue weighted by Gasteiger charge is 2.08. The van der Waals surface area contributed by atoms with Crippen molar-refractivity contribution in [2.24, 2.45) is 0 Å². The van der Waals surface area contributed by atoms with Crippen LogP contribution >= 0.6 is 22.9 Å². The van der Waals surface area contributed by atoms with Crippen molar-refractivity contribution in [3.8, 4) is 5.75 Å². The maximum Gasteiger partial charge on any atom is 0.120 e. The number of hydrogen-bond donors (Lipinski definition) is 2. The molecule has 2 N–H and O–H groups in total. The summed E-state index contributed by atoms with van der Waals surface area (Å²) in [7, 11) is 0. The minimum absolute atomic E-state index is 0.176. The molecule has 4 heteroatoms. The molecule has 1 atom stereocenters. The molecule has 90 valence electrons. The lowest BCUT2D eigenvalue weighted by molar-refractivity contribution is 0.471. The van der Waals surface area contributed by atoms with Gasteiger partial charge in [0.25, 0.3) is 0 Å². The molecule has 0 aliphatic carbocycles. The number of phenols is 1. The lowest BCUT2D eigenvalue weighted by atomic mass is 10.2. The molecule has 0 saturated carbocycles. The Morgan fingerprint density at radius 2 is 2.06 bits per heavy atom. The normalized spacial score (nSPS) is 12.4. The van der Waals surface area contributed by atoms with Crippen LogP contribution in [0.15, 0.2) is 30.3 Å². The molecule has 0 bridgehead atoms. The highest BCUT2D eigenvalue weighted by atomic mass is 35.5. The van der Waals surface area contributed by atoms with Gasteiger partial charge in [0, 0.05) is 16.6 Å². The Kier molecular flexibility index (Phi) is 3.60. The summed E-state index contributed by atoms with van der Waals surface area (Å²) in [5, 5.41) is 13.0. The average molecular weight is 268 g/mol. The zero-order valence-electron chi connectivity index (χ0n) is 9.70. The van der Waals surface area contributed by atoms with Crippen LogP contribution in [0.1, 0.15) is 23.4 Å². The van der Waals surface area contributed by atoms with E-state index in [1.54, 1.807) is 17.4 Å². The van der Waals surface area contributed by atoms with Gasteiger partial charge in [-0.1, -0.05) is 17.7 Å². The first-order valence-corrected chi connectivity index (χ1v) is 6.57. The van der Waals surface area contributed by atoms with Crippen molar-refractivity contribution >= 4 is 28.6 Å². The number of halogens is 1. The van der Waals surface area contributed by atoms with Crippen LogP contribution in [0.4, 0.5) is 5.69 Å². The van der Waals surface area contributed by atoms with Crippen LogP contribution < -0.4 is 5.32 Å². The summed E-state index contributed by atoms with van der Waals surface area (Å²) in [5.41, 5.74) is 1.78. The molecular formula is C13H14ClNOS. The van der Waals surface area contributed by atoms with E-state index < -0.39 is 0 Å². The van der Waals surface area contributed by atoms with Gasteiger partial charge < -0.3 is 10.4 Å². The fourth-order valence-corrected chi connectivity index (χ4v) is 2.64. The van der Waals surface area contributed by atoms with Crippen LogP contribution in [-0.4, -0.2) is 5.11 Å². The minimum atomic E-state index is 0.176. The fraction of sp³-hybridized carbons (Fsp3) is 0.231. The first-order chi connectivity index (χ1) is 8.06. The van der Waals surface area contributed by atoms with Gasteiger partial charge in [0.15, 0.2) is 0 Å². The lowest BCUT2D eigenvalue weighted by Gasteiger charge is -2.14. The predicted octanol–water partition coefficient (Wildman–Crippen LogP) is 4.59. The molecule has 0 aliphatic heterocycles. The maximum absolute atomic E-state index is 9.63. The second-order valence-corrected chi connectivity index (χ2v) is 5.76. The van der Waals surface area contributed by atoms with Gasteiger partial charge in [-0.15, -0.1) is 11.3 Å². The highest BCUT2D eigenvalue weighted by molar-refractivity contribution is 7.16. The molecule has 0 amide bonds. The van der Waals surface area contributed by atoms with E-state index in [1.165, 1.54) is 4.88 Å². The third-order valence-corrected chi connectivity index (χ3v) is 4.03. The van der Waals surface area contributed by atoms with Gasteiger partial charge in [0.05, 0.1) is 10.4 Å². The molecule has 0 fully saturated rings. The summed E-state index contributed by atoms with van der Waals surface area (Å²) in [6, 6.07) is 9.67. The summed E-state index contributed by atoms with van der Waals surface area (Å²) in [5.74, 6) is 0.311. The standard InChI is InChI=1S/C13H14ClNOS/c1-8-3-4-10(7-11(8)16)15-9(2)12-5-6-13(14)17-12/h3-7,9,15-16H,1-2H3. The third-order valence-electron chi connectivity index (χ3n) is 2.61. The van der Waals surface area contributed by atoms with Crippen molar-refractivity contribution < 1.29 is 5.11 Å². The Morgan fingerprint density at radius 3 is 2.65 bits per heavy atom. The molecule has 0 spiro atoms. The number of aryl methyl sites for hydroxylation is 1. The summed E-state index contributed by atoms with van der Waals surface area (Å²) >= 11 is 7.47. The maximum atomic E-state index is 9.63. The topological polar surface area (TPSA) is 32.3 Å². The van der Waals surface area contributed by atoms with Crippen molar-refractivity contribution in [2.75, 3.05) is 5.32 Å². The second kappa shape index (κ2) is 4.98. The molecule has 1 aromatic carbocycles. The number of hydrogen-bond acceptors (Lipinski definition) is 3. The van der Waals surface area contributed by atoms with E-state index in [0.29, 0.717) is 5.75 Å². The Hall–Kier alpha value is -1.19. The van der Waals surface area contributed by atoms with E-state index in [2.05, 4.69) is 12.2 Å². The van der Waals surface area contributed by atoms with Crippen LogP contribution in [0.25, 0.3) is 0 Å². The van der Waals surface area contributed by atoms with Gasteiger partial charge in [-0.25, -0.2) is 0 Å².